The SMILES string of the molecule is CC(=O)NC[C@H]1CN(c2ccc(-c3ccc(C(C)Sc4nnn[nH]4)cc3)c(F)c2)C(=O)O1. The highest BCUT2D eigenvalue weighted by Crippen LogP contribution is 2.34. The Morgan fingerprint density at radius 3 is 2.78 bits per heavy atom. The number of thioether (sulfide) groups is 1. The summed E-state index contributed by atoms with van der Waals surface area (Å²) in [6.07, 6.45) is -1.04. The van der Waals surface area contributed by atoms with Gasteiger partial charge in [-0.25, -0.2) is 14.3 Å². The maximum atomic E-state index is 14.9. The molecule has 2 amide bonds. The second kappa shape index (κ2) is 9.35. The number of ether oxygens (including phenoxy) is 1. The topological polar surface area (TPSA) is 113 Å². The summed E-state index contributed by atoms with van der Waals surface area (Å²) in [5.74, 6) is -0.646. The van der Waals surface area contributed by atoms with E-state index in [0.717, 1.165) is 11.1 Å². The maximum Gasteiger partial charge on any atom is 0.414 e. The van der Waals surface area contributed by atoms with Gasteiger partial charge in [-0.1, -0.05) is 36.0 Å². The number of hydrogen-bond acceptors (Lipinski definition) is 7. The average Bonchev–Trinajstić information content (AvgIpc) is 3.41. The molecule has 0 spiro atoms. The highest BCUT2D eigenvalue weighted by atomic mass is 32.2. The number of nitrogens with one attached hydrogen (secondary N) is 2. The summed E-state index contributed by atoms with van der Waals surface area (Å²) in [5, 5.41) is 17.1. The molecule has 1 aliphatic rings. The number of carbonyl (C=O) groups is 2. The Morgan fingerprint density at radius 2 is 2.12 bits per heavy atom. The van der Waals surface area contributed by atoms with E-state index < -0.39 is 18.0 Å². The lowest BCUT2D eigenvalue weighted by molar-refractivity contribution is -0.119. The van der Waals surface area contributed by atoms with Gasteiger partial charge in [0.1, 0.15) is 11.9 Å². The van der Waals surface area contributed by atoms with Crippen LogP contribution in [-0.4, -0.2) is 51.8 Å². The van der Waals surface area contributed by atoms with Crippen LogP contribution in [0.4, 0.5) is 14.9 Å². The number of amides is 2. The minimum absolute atomic E-state index is 0.109. The van der Waals surface area contributed by atoms with Crippen LogP contribution in [0.5, 0.6) is 0 Å². The summed E-state index contributed by atoms with van der Waals surface area (Å²) < 4.78 is 20.2. The zero-order chi connectivity index (χ0) is 22.7. The minimum atomic E-state index is -0.565. The number of carbonyl (C=O) groups excluding carboxylic acids is 2. The van der Waals surface area contributed by atoms with Crippen molar-refractivity contribution in [1.82, 2.24) is 25.9 Å². The summed E-state index contributed by atoms with van der Waals surface area (Å²) in [6, 6.07) is 12.2. The van der Waals surface area contributed by atoms with Crippen LogP contribution < -0.4 is 10.2 Å². The van der Waals surface area contributed by atoms with Gasteiger partial charge >= 0.3 is 6.09 Å². The first-order valence-electron chi connectivity index (χ1n) is 9.93. The molecule has 1 aromatic heterocycles. The minimum Gasteiger partial charge on any atom is -0.442 e. The zero-order valence-corrected chi connectivity index (χ0v) is 18.2. The van der Waals surface area contributed by atoms with E-state index in [4.69, 9.17) is 4.74 Å². The van der Waals surface area contributed by atoms with Gasteiger partial charge < -0.3 is 10.1 Å². The Bertz CT molecular complexity index is 1110. The fourth-order valence-electron chi connectivity index (χ4n) is 3.37. The largest absolute Gasteiger partial charge is 0.442 e. The van der Waals surface area contributed by atoms with E-state index in [1.165, 1.54) is 29.7 Å². The van der Waals surface area contributed by atoms with E-state index in [9.17, 15) is 14.0 Å². The fourth-order valence-corrected chi connectivity index (χ4v) is 4.18. The number of benzene rings is 2. The summed E-state index contributed by atoms with van der Waals surface area (Å²) in [4.78, 5) is 24.6. The predicted molar refractivity (Wildman–Crippen MR) is 117 cm³/mol. The molecule has 32 heavy (non-hydrogen) atoms. The third-order valence-corrected chi connectivity index (χ3v) is 6.04. The van der Waals surface area contributed by atoms with Crippen LogP contribution in [0.2, 0.25) is 0 Å². The monoisotopic (exact) mass is 456 g/mol. The number of rotatable bonds is 7. The maximum absolute atomic E-state index is 14.9. The van der Waals surface area contributed by atoms with Gasteiger partial charge in [0.25, 0.3) is 0 Å². The molecule has 3 aromatic rings. The molecule has 0 aliphatic carbocycles. The molecule has 2 heterocycles. The van der Waals surface area contributed by atoms with Crippen LogP contribution in [0, 0.1) is 5.82 Å². The smallest absolute Gasteiger partial charge is 0.414 e. The number of H-pyrrole nitrogens is 1. The molecule has 1 aliphatic heterocycles. The molecule has 0 saturated carbocycles. The fraction of sp³-hybridized carbons (Fsp3) is 0.286. The van der Waals surface area contributed by atoms with Gasteiger partial charge in [-0.15, -0.1) is 5.10 Å². The molecule has 0 bridgehead atoms. The molecule has 9 nitrogen and oxygen atoms in total. The number of hydrogen-bond donors (Lipinski definition) is 2. The lowest BCUT2D eigenvalue weighted by atomic mass is 10.0. The first-order chi connectivity index (χ1) is 15.4. The van der Waals surface area contributed by atoms with Crippen LogP contribution in [0.25, 0.3) is 11.1 Å². The van der Waals surface area contributed by atoms with Crippen molar-refractivity contribution in [2.45, 2.75) is 30.4 Å². The highest BCUT2D eigenvalue weighted by molar-refractivity contribution is 7.99. The number of aromatic nitrogens is 4. The highest BCUT2D eigenvalue weighted by Gasteiger charge is 2.32. The summed E-state index contributed by atoms with van der Waals surface area (Å²) in [5.41, 5.74) is 2.62. The first-order valence-corrected chi connectivity index (χ1v) is 10.8. The number of anilines is 1. The molecule has 2 aromatic carbocycles. The average molecular weight is 457 g/mol. The first kappa shape index (κ1) is 21.8. The van der Waals surface area contributed by atoms with Gasteiger partial charge in [-0.2, -0.15) is 0 Å². The van der Waals surface area contributed by atoms with E-state index in [1.807, 2.05) is 31.2 Å². The van der Waals surface area contributed by atoms with Crippen molar-refractivity contribution in [2.24, 2.45) is 0 Å². The molecule has 11 heteroatoms. The third kappa shape index (κ3) is 4.88. The number of cyclic esters (lactones) is 1. The Morgan fingerprint density at radius 1 is 1.34 bits per heavy atom. The quantitative estimate of drug-likeness (QED) is 0.524. The number of aromatic amines is 1. The van der Waals surface area contributed by atoms with E-state index >= 15 is 0 Å². The molecule has 0 radical (unpaired) electrons. The lowest BCUT2D eigenvalue weighted by Crippen LogP contribution is -2.33. The molecule has 2 N–H and O–H groups in total. The van der Waals surface area contributed by atoms with Crippen molar-refractivity contribution < 1.29 is 18.7 Å². The third-order valence-electron chi connectivity index (χ3n) is 5.02. The normalized spacial score (nSPS) is 16.7. The Labute approximate surface area is 187 Å². The van der Waals surface area contributed by atoms with Gasteiger partial charge in [-0.05, 0) is 46.7 Å². The molecule has 1 fully saturated rings. The van der Waals surface area contributed by atoms with E-state index in [1.54, 1.807) is 12.1 Å². The summed E-state index contributed by atoms with van der Waals surface area (Å²) in [6.45, 7) is 3.88. The Kier molecular flexibility index (Phi) is 6.35. The molecule has 4 rings (SSSR count). The molecule has 166 valence electrons. The van der Waals surface area contributed by atoms with Crippen molar-refractivity contribution in [3.63, 3.8) is 0 Å². The van der Waals surface area contributed by atoms with Crippen molar-refractivity contribution in [3.05, 3.63) is 53.8 Å². The van der Waals surface area contributed by atoms with Gasteiger partial charge in [-0.3, -0.25) is 9.69 Å². The molecule has 2 atom stereocenters. The molecule has 1 unspecified atom stereocenters. The summed E-state index contributed by atoms with van der Waals surface area (Å²) in [7, 11) is 0. The summed E-state index contributed by atoms with van der Waals surface area (Å²) >= 11 is 1.49. The van der Waals surface area contributed by atoms with Crippen molar-refractivity contribution >= 4 is 29.4 Å². The number of nitrogens with zero attached hydrogens (tertiary/aromatic N) is 4. The van der Waals surface area contributed by atoms with E-state index in [-0.39, 0.29) is 24.2 Å². The van der Waals surface area contributed by atoms with E-state index in [0.29, 0.717) is 16.4 Å². The van der Waals surface area contributed by atoms with Gasteiger partial charge in [0.2, 0.25) is 11.1 Å². The lowest BCUT2D eigenvalue weighted by Gasteiger charge is -2.15. The zero-order valence-electron chi connectivity index (χ0n) is 17.4. The molecule has 1 saturated heterocycles. The van der Waals surface area contributed by atoms with Crippen LogP contribution in [0.1, 0.15) is 24.7 Å². The molecular weight excluding hydrogens is 435 g/mol. The molecular formula is C21H21FN6O3S. The van der Waals surface area contributed by atoms with Crippen LogP contribution in [0.15, 0.2) is 47.6 Å². The predicted octanol–water partition coefficient (Wildman–Crippen LogP) is 3.32. The van der Waals surface area contributed by atoms with Gasteiger partial charge in [0, 0.05) is 17.7 Å². The number of tetrazole rings is 1. The standard InChI is InChI=1S/C21H21FN6O3S/c1-12(32-20-24-26-27-25-20)14-3-5-15(6-4-14)18-8-7-16(9-19(18)22)28-11-17(31-21(28)30)10-23-13(2)29/h3-9,12,17H,10-11H2,1-2H3,(H,23,29)(H,24,25,26,27)/t12?,17-/m0/s1. The second-order valence-electron chi connectivity index (χ2n) is 7.31. The van der Waals surface area contributed by atoms with Crippen molar-refractivity contribution in [2.75, 3.05) is 18.0 Å². The van der Waals surface area contributed by atoms with E-state index in [2.05, 4.69) is 25.9 Å². The Balaban J connectivity index is 1.45. The van der Waals surface area contributed by atoms with Crippen molar-refractivity contribution in [3.8, 4) is 11.1 Å². The Hall–Kier alpha value is -3.47. The van der Waals surface area contributed by atoms with Gasteiger partial charge in [0.05, 0.1) is 18.8 Å². The van der Waals surface area contributed by atoms with Crippen LogP contribution in [-0.2, 0) is 9.53 Å². The van der Waals surface area contributed by atoms with Crippen LogP contribution >= 0.6 is 11.8 Å². The second-order valence-corrected chi connectivity index (χ2v) is 8.64. The van der Waals surface area contributed by atoms with Gasteiger partial charge in [0.15, 0.2) is 0 Å². The number of halogens is 1. The van der Waals surface area contributed by atoms with Crippen LogP contribution in [0.3, 0.4) is 0 Å². The van der Waals surface area contributed by atoms with Crippen molar-refractivity contribution in [1.29, 1.82) is 0 Å².